The molecule has 3 rings (SSSR count). The van der Waals surface area contributed by atoms with Crippen molar-refractivity contribution < 1.29 is 9.63 Å². The molecule has 0 saturated carbocycles. The van der Waals surface area contributed by atoms with Crippen LogP contribution in [0.5, 0.6) is 0 Å². The highest BCUT2D eigenvalue weighted by atomic mass is 35.5. The number of nitrogens with zero attached hydrogens (tertiary/aromatic N) is 4. The lowest BCUT2D eigenvalue weighted by Gasteiger charge is -2.09. The van der Waals surface area contributed by atoms with Crippen LogP contribution in [-0.4, -0.2) is 27.1 Å². The molecule has 1 N–H and O–H groups in total. The highest BCUT2D eigenvalue weighted by Gasteiger charge is 2.08. The number of halogens is 1. The molecule has 9 heteroatoms. The lowest BCUT2D eigenvalue weighted by molar-refractivity contribution is -0.110. The molecule has 0 aliphatic carbocycles. The van der Waals surface area contributed by atoms with Crippen molar-refractivity contribution in [2.75, 3.05) is 5.32 Å². The molecule has 1 heterocycles. The number of hydrogen-bond donors (Lipinski definition) is 1. The van der Waals surface area contributed by atoms with Gasteiger partial charge in [0.05, 0.1) is 16.1 Å². The first-order valence-corrected chi connectivity index (χ1v) is 8.39. The van der Waals surface area contributed by atoms with Gasteiger partial charge in [-0.05, 0) is 43.2 Å². The molecule has 0 spiro atoms. The van der Waals surface area contributed by atoms with Gasteiger partial charge in [0.2, 0.25) is 6.73 Å². The molecule has 8 nitrogen and oxygen atoms in total. The van der Waals surface area contributed by atoms with Crippen molar-refractivity contribution in [1.82, 2.24) is 15.0 Å². The fraction of sp³-hybridized carbons (Fsp3) is 0.167. The van der Waals surface area contributed by atoms with E-state index in [4.69, 9.17) is 16.4 Å². The predicted molar refractivity (Wildman–Crippen MR) is 103 cm³/mol. The first-order chi connectivity index (χ1) is 13.0. The Morgan fingerprint density at radius 1 is 1.33 bits per heavy atom. The molecule has 2 aromatic carbocycles. The molecule has 0 bridgehead atoms. The molecule has 0 aliphatic heterocycles. The summed E-state index contributed by atoms with van der Waals surface area (Å²) >= 11 is 6.14. The van der Waals surface area contributed by atoms with Gasteiger partial charge < -0.3 is 10.2 Å². The SMILES string of the molecule is Cc1cc(C)c(NC(=O)C=NOCn2nnc3ccccc3c2=O)c(Cl)c1. The summed E-state index contributed by atoms with van der Waals surface area (Å²) in [7, 11) is 0. The van der Waals surface area contributed by atoms with Crippen LogP contribution in [0.3, 0.4) is 0 Å². The normalized spacial score (nSPS) is 11.1. The zero-order valence-electron chi connectivity index (χ0n) is 14.6. The maximum absolute atomic E-state index is 12.2. The van der Waals surface area contributed by atoms with Gasteiger partial charge in [0.1, 0.15) is 11.7 Å². The maximum Gasteiger partial charge on any atom is 0.280 e. The van der Waals surface area contributed by atoms with Crippen molar-refractivity contribution in [3.8, 4) is 0 Å². The topological polar surface area (TPSA) is 98.5 Å². The monoisotopic (exact) mass is 385 g/mol. The smallest absolute Gasteiger partial charge is 0.280 e. The average molecular weight is 386 g/mol. The minimum Gasteiger partial charge on any atom is -0.372 e. The second-order valence-corrected chi connectivity index (χ2v) is 6.24. The Balaban J connectivity index is 1.62. The molecule has 0 unspecified atom stereocenters. The fourth-order valence-corrected chi connectivity index (χ4v) is 2.88. The molecule has 3 aromatic rings. The van der Waals surface area contributed by atoms with E-state index in [0.717, 1.165) is 22.0 Å². The van der Waals surface area contributed by atoms with E-state index in [1.54, 1.807) is 30.3 Å². The lowest BCUT2D eigenvalue weighted by atomic mass is 10.1. The number of aromatic nitrogens is 3. The molecule has 1 amide bonds. The van der Waals surface area contributed by atoms with Gasteiger partial charge in [0.15, 0.2) is 0 Å². The summed E-state index contributed by atoms with van der Waals surface area (Å²) in [6.45, 7) is 3.48. The van der Waals surface area contributed by atoms with Crippen LogP contribution in [0.2, 0.25) is 5.02 Å². The van der Waals surface area contributed by atoms with Crippen molar-refractivity contribution in [2.24, 2.45) is 5.16 Å². The third-order valence-corrected chi connectivity index (χ3v) is 4.03. The number of rotatable bonds is 5. The van der Waals surface area contributed by atoms with Crippen molar-refractivity contribution in [3.63, 3.8) is 0 Å². The van der Waals surface area contributed by atoms with Crippen LogP contribution in [0.4, 0.5) is 5.69 Å². The Hall–Kier alpha value is -3.26. The molecule has 138 valence electrons. The zero-order chi connectivity index (χ0) is 19.4. The van der Waals surface area contributed by atoms with Crippen LogP contribution in [0.15, 0.2) is 46.3 Å². The zero-order valence-corrected chi connectivity index (χ0v) is 15.4. The average Bonchev–Trinajstić information content (AvgIpc) is 2.63. The molecule has 0 aliphatic rings. The first kappa shape index (κ1) is 18.5. The van der Waals surface area contributed by atoms with Gasteiger partial charge in [0, 0.05) is 0 Å². The lowest BCUT2D eigenvalue weighted by Crippen LogP contribution is -2.25. The van der Waals surface area contributed by atoms with Crippen LogP contribution in [0.25, 0.3) is 10.9 Å². The highest BCUT2D eigenvalue weighted by Crippen LogP contribution is 2.27. The van der Waals surface area contributed by atoms with Gasteiger partial charge in [-0.3, -0.25) is 9.59 Å². The number of benzene rings is 2. The van der Waals surface area contributed by atoms with E-state index in [1.165, 1.54) is 0 Å². The number of fused-ring (bicyclic) bond motifs is 1. The van der Waals surface area contributed by atoms with Crippen LogP contribution < -0.4 is 10.9 Å². The Morgan fingerprint density at radius 2 is 2.11 bits per heavy atom. The van der Waals surface area contributed by atoms with E-state index in [-0.39, 0.29) is 12.3 Å². The second-order valence-electron chi connectivity index (χ2n) is 5.83. The predicted octanol–water partition coefficient (Wildman–Crippen LogP) is 2.66. The van der Waals surface area contributed by atoms with Crippen molar-refractivity contribution in [3.05, 3.63) is 62.9 Å². The molecule has 27 heavy (non-hydrogen) atoms. The summed E-state index contributed by atoms with van der Waals surface area (Å²) < 4.78 is 1.01. The quantitative estimate of drug-likeness (QED) is 0.537. The third-order valence-electron chi connectivity index (χ3n) is 3.73. The Labute approximate surface area is 159 Å². The van der Waals surface area contributed by atoms with E-state index in [9.17, 15) is 9.59 Å². The number of aryl methyl sites for hydroxylation is 2. The molecular weight excluding hydrogens is 370 g/mol. The van der Waals surface area contributed by atoms with E-state index < -0.39 is 5.91 Å². The second kappa shape index (κ2) is 7.96. The summed E-state index contributed by atoms with van der Waals surface area (Å²) in [6, 6.07) is 10.5. The van der Waals surface area contributed by atoms with E-state index >= 15 is 0 Å². The maximum atomic E-state index is 12.2. The number of oxime groups is 1. The van der Waals surface area contributed by atoms with Gasteiger partial charge in [-0.15, -0.1) is 5.10 Å². The minimum absolute atomic E-state index is 0.273. The van der Waals surface area contributed by atoms with Gasteiger partial charge in [-0.25, -0.2) is 0 Å². The van der Waals surface area contributed by atoms with Gasteiger partial charge in [0.25, 0.3) is 11.5 Å². The van der Waals surface area contributed by atoms with Gasteiger partial charge >= 0.3 is 0 Å². The van der Waals surface area contributed by atoms with Crippen molar-refractivity contribution >= 4 is 40.3 Å². The number of hydrogen-bond acceptors (Lipinski definition) is 6. The number of amides is 1. The van der Waals surface area contributed by atoms with E-state index in [0.29, 0.717) is 21.6 Å². The molecule has 0 radical (unpaired) electrons. The van der Waals surface area contributed by atoms with Gasteiger partial charge in [-0.1, -0.05) is 40.2 Å². The Kier molecular flexibility index (Phi) is 5.46. The summed E-state index contributed by atoms with van der Waals surface area (Å²) in [5.41, 5.74) is 2.47. The number of carbonyl (C=O) groups is 1. The van der Waals surface area contributed by atoms with Crippen LogP contribution in [0.1, 0.15) is 11.1 Å². The van der Waals surface area contributed by atoms with Gasteiger partial charge in [-0.2, -0.15) is 4.68 Å². The van der Waals surface area contributed by atoms with Crippen LogP contribution in [-0.2, 0) is 16.4 Å². The molecule has 0 saturated heterocycles. The summed E-state index contributed by atoms with van der Waals surface area (Å²) in [6.07, 6.45) is 0.954. The highest BCUT2D eigenvalue weighted by molar-refractivity contribution is 6.37. The van der Waals surface area contributed by atoms with E-state index in [1.807, 2.05) is 19.9 Å². The minimum atomic E-state index is -0.513. The number of anilines is 1. The Bertz CT molecular complexity index is 1070. The number of carbonyl (C=O) groups excluding carboxylic acids is 1. The van der Waals surface area contributed by atoms with E-state index in [2.05, 4.69) is 20.8 Å². The van der Waals surface area contributed by atoms with Crippen LogP contribution in [0, 0.1) is 13.8 Å². The Morgan fingerprint density at radius 3 is 2.89 bits per heavy atom. The fourth-order valence-electron chi connectivity index (χ4n) is 2.51. The largest absolute Gasteiger partial charge is 0.372 e. The van der Waals surface area contributed by atoms with Crippen LogP contribution >= 0.6 is 11.6 Å². The molecule has 0 fully saturated rings. The standard InChI is InChI=1S/C18H16ClN5O3/c1-11-7-12(2)17(14(19)8-11)21-16(25)9-20-27-10-24-18(26)13-5-3-4-6-15(13)22-23-24/h3-9H,10H2,1-2H3,(H,21,25). The summed E-state index contributed by atoms with van der Waals surface area (Å²) in [5, 5.41) is 14.7. The third kappa shape index (κ3) is 4.29. The summed E-state index contributed by atoms with van der Waals surface area (Å²) in [5.74, 6) is -0.513. The first-order valence-electron chi connectivity index (χ1n) is 8.01. The molecular formula is C18H16ClN5O3. The molecule has 1 aromatic heterocycles. The van der Waals surface area contributed by atoms with Crippen molar-refractivity contribution in [2.45, 2.75) is 20.6 Å². The number of nitrogens with one attached hydrogen (secondary N) is 1. The van der Waals surface area contributed by atoms with Crippen molar-refractivity contribution in [1.29, 1.82) is 0 Å². The summed E-state index contributed by atoms with van der Waals surface area (Å²) in [4.78, 5) is 29.2. The molecule has 0 atom stereocenters.